The lowest BCUT2D eigenvalue weighted by Gasteiger charge is -2.42. The van der Waals surface area contributed by atoms with Crippen molar-refractivity contribution in [2.24, 2.45) is 0 Å². The molecule has 8 nitrogen and oxygen atoms in total. The third-order valence-electron chi connectivity index (χ3n) is 9.86. The van der Waals surface area contributed by atoms with Gasteiger partial charge in [-0.3, -0.25) is 19.4 Å². The first-order valence-corrected chi connectivity index (χ1v) is 16.9. The fourth-order valence-electron chi connectivity index (χ4n) is 7.29. The normalized spacial score (nSPS) is 18.6. The second-order valence-electron chi connectivity index (χ2n) is 12.8. The van der Waals surface area contributed by atoms with E-state index in [0.717, 1.165) is 11.1 Å². The van der Waals surface area contributed by atoms with Crippen LogP contribution in [0.2, 0.25) is 0 Å². The fraction of sp³-hybridized carbons (Fsp3) is 0.0909. The first-order chi connectivity index (χ1) is 25.5. The monoisotopic (exact) mass is 674 g/mol. The lowest BCUT2D eigenvalue weighted by Crippen LogP contribution is -2.50. The molecule has 2 atom stereocenters. The molecule has 1 aromatic heterocycles. The molecule has 0 radical (unpaired) electrons. The highest BCUT2D eigenvalue weighted by Gasteiger charge is 2.48. The van der Waals surface area contributed by atoms with E-state index in [1.807, 2.05) is 97.1 Å². The lowest BCUT2D eigenvalue weighted by atomic mass is 9.77. The van der Waals surface area contributed by atoms with E-state index in [1.165, 1.54) is 9.80 Å². The van der Waals surface area contributed by atoms with E-state index in [0.29, 0.717) is 44.7 Å². The molecule has 248 valence electrons. The van der Waals surface area contributed by atoms with Crippen molar-refractivity contribution in [2.45, 2.75) is 23.9 Å². The van der Waals surface area contributed by atoms with Gasteiger partial charge in [0.1, 0.15) is 0 Å². The van der Waals surface area contributed by atoms with Crippen molar-refractivity contribution in [2.75, 3.05) is 0 Å². The van der Waals surface area contributed by atoms with E-state index < -0.39 is 11.1 Å². The molecule has 5 aromatic carbocycles. The Morgan fingerprint density at radius 1 is 0.519 bits per heavy atom. The van der Waals surface area contributed by atoms with Crippen LogP contribution in [0.1, 0.15) is 54.4 Å². The number of fused-ring (bicyclic) bond motifs is 3. The van der Waals surface area contributed by atoms with Gasteiger partial charge in [-0.25, -0.2) is 9.97 Å². The number of para-hydroxylation sites is 2. The number of carbonyl (C=O) groups is 2. The minimum absolute atomic E-state index is 0.0395. The van der Waals surface area contributed by atoms with Gasteiger partial charge in [-0.05, 0) is 59.7 Å². The third kappa shape index (κ3) is 5.22. The number of nitrogens with zero attached hydrogens (tertiary/aromatic N) is 6. The Balaban J connectivity index is 1.33. The molecule has 0 bridgehead atoms. The molecule has 2 unspecified atom stereocenters. The molecule has 8 heteroatoms. The number of benzene rings is 5. The van der Waals surface area contributed by atoms with Crippen molar-refractivity contribution in [3.8, 4) is 12.1 Å². The molecule has 0 aliphatic carbocycles. The summed E-state index contributed by atoms with van der Waals surface area (Å²) in [4.78, 5) is 41.7. The van der Waals surface area contributed by atoms with Crippen LogP contribution in [0, 0.1) is 22.7 Å². The molecule has 6 aromatic rings. The third-order valence-corrected chi connectivity index (χ3v) is 9.86. The lowest BCUT2D eigenvalue weighted by molar-refractivity contribution is 0.0680. The van der Waals surface area contributed by atoms with Gasteiger partial charge in [-0.1, -0.05) is 97.1 Å². The van der Waals surface area contributed by atoms with E-state index in [4.69, 9.17) is 9.97 Å². The first kappa shape index (κ1) is 32.1. The summed E-state index contributed by atoms with van der Waals surface area (Å²) in [5.74, 6) is -0.689. The summed E-state index contributed by atoms with van der Waals surface area (Å²) in [5, 5.41) is 22.5. The van der Waals surface area contributed by atoms with Gasteiger partial charge in [-0.15, -0.1) is 0 Å². The largest absolute Gasteiger partial charge is 0.291 e. The average Bonchev–Trinajstić information content (AvgIpc) is 3.21. The maximum absolute atomic E-state index is 14.3. The molecule has 0 fully saturated rings. The van der Waals surface area contributed by atoms with Gasteiger partial charge < -0.3 is 0 Å². The smallest absolute Gasteiger partial charge is 0.259 e. The Hall–Kier alpha value is -7.16. The molecule has 0 N–H and O–H groups in total. The Morgan fingerprint density at radius 3 is 1.29 bits per heavy atom. The van der Waals surface area contributed by atoms with Crippen molar-refractivity contribution in [1.82, 2.24) is 19.8 Å². The molecule has 52 heavy (non-hydrogen) atoms. The first-order valence-electron chi connectivity index (χ1n) is 16.9. The number of hydrogen-bond acceptors (Lipinski definition) is 6. The molecule has 0 saturated carbocycles. The number of carbonyl (C=O) groups excluding carboxylic acids is 2. The van der Waals surface area contributed by atoms with Gasteiger partial charge in [0.05, 0.1) is 34.6 Å². The summed E-state index contributed by atoms with van der Waals surface area (Å²) in [6.07, 6.45) is 6.91. The number of nitriles is 2. The highest BCUT2D eigenvalue weighted by Crippen LogP contribution is 2.43. The highest BCUT2D eigenvalue weighted by molar-refractivity contribution is 5.97. The maximum Gasteiger partial charge on any atom is 0.259 e. The topological polar surface area (TPSA) is 114 Å². The van der Waals surface area contributed by atoms with Crippen molar-refractivity contribution in [1.29, 1.82) is 10.5 Å². The second kappa shape index (κ2) is 12.9. The predicted molar refractivity (Wildman–Crippen MR) is 198 cm³/mol. The van der Waals surface area contributed by atoms with Crippen molar-refractivity contribution < 1.29 is 9.59 Å². The van der Waals surface area contributed by atoms with Gasteiger partial charge in [0.25, 0.3) is 11.8 Å². The van der Waals surface area contributed by atoms with Crippen molar-refractivity contribution in [3.05, 3.63) is 191 Å². The van der Waals surface area contributed by atoms with E-state index in [9.17, 15) is 20.1 Å². The SMILES string of the molecule is N#CC1(Cc2nc3ccccc3nc2CC2(C#N)c3ccccc3C=CN2C(=O)c2ccccc2)c2ccccc2C=CN1C(=O)c1ccccc1. The molecule has 2 aliphatic heterocycles. The van der Waals surface area contributed by atoms with Crippen LogP contribution in [0.25, 0.3) is 23.2 Å². The molecule has 8 rings (SSSR count). The van der Waals surface area contributed by atoms with Gasteiger partial charge in [0.15, 0.2) is 11.1 Å². The highest BCUT2D eigenvalue weighted by atomic mass is 16.2. The van der Waals surface area contributed by atoms with Crippen molar-refractivity contribution >= 4 is 35.0 Å². The van der Waals surface area contributed by atoms with Crippen LogP contribution in [0.3, 0.4) is 0 Å². The molecular formula is C44H30N6O2. The van der Waals surface area contributed by atoms with Crippen LogP contribution in [-0.2, 0) is 23.9 Å². The van der Waals surface area contributed by atoms with Crippen LogP contribution in [0.4, 0.5) is 0 Å². The van der Waals surface area contributed by atoms with Crippen LogP contribution < -0.4 is 0 Å². The Morgan fingerprint density at radius 2 is 0.885 bits per heavy atom. The van der Waals surface area contributed by atoms with E-state index in [1.54, 1.807) is 60.9 Å². The zero-order valence-electron chi connectivity index (χ0n) is 27.9. The summed E-state index contributed by atoms with van der Waals surface area (Å²) >= 11 is 0. The van der Waals surface area contributed by atoms with Gasteiger partial charge in [0, 0.05) is 47.5 Å². The fourth-order valence-corrected chi connectivity index (χ4v) is 7.29. The summed E-state index contributed by atoms with van der Waals surface area (Å²) < 4.78 is 0. The van der Waals surface area contributed by atoms with Crippen molar-refractivity contribution in [3.63, 3.8) is 0 Å². The number of aromatic nitrogens is 2. The Labute approximate surface area is 300 Å². The summed E-state index contributed by atoms with van der Waals surface area (Å²) in [6.45, 7) is 0. The Kier molecular flexibility index (Phi) is 7.98. The number of rotatable bonds is 6. The Bertz CT molecular complexity index is 2340. The second-order valence-corrected chi connectivity index (χ2v) is 12.8. The standard InChI is InChI=1S/C44H30N6O2/c45-29-43(35-19-9-7-13-31(35)23-25-49(43)41(51)33-15-3-1-4-16-33)27-39-40(48-38-22-12-11-21-37(38)47-39)28-44(30-46)36-20-10-8-14-32(36)24-26-50(44)42(52)34-17-5-2-6-18-34/h1-26H,27-28H2. The van der Waals surface area contributed by atoms with E-state index in [2.05, 4.69) is 12.1 Å². The molecular weight excluding hydrogens is 645 g/mol. The molecule has 2 amide bonds. The van der Waals surface area contributed by atoms with Crippen LogP contribution in [0.15, 0.2) is 146 Å². The van der Waals surface area contributed by atoms with Crippen LogP contribution in [0.5, 0.6) is 0 Å². The average molecular weight is 675 g/mol. The number of hydrogen-bond donors (Lipinski definition) is 0. The molecule has 3 heterocycles. The minimum atomic E-state index is -1.53. The summed E-state index contributed by atoms with van der Waals surface area (Å²) in [5.41, 5.74) is 2.76. The maximum atomic E-state index is 14.3. The van der Waals surface area contributed by atoms with Gasteiger partial charge >= 0.3 is 0 Å². The molecule has 0 spiro atoms. The summed E-state index contributed by atoms with van der Waals surface area (Å²) in [7, 11) is 0. The predicted octanol–water partition coefficient (Wildman–Crippen LogP) is 7.81. The zero-order chi connectivity index (χ0) is 35.7. The van der Waals surface area contributed by atoms with Gasteiger partial charge in [0.2, 0.25) is 0 Å². The van der Waals surface area contributed by atoms with E-state index in [-0.39, 0.29) is 24.7 Å². The number of amides is 2. The minimum Gasteiger partial charge on any atom is -0.291 e. The molecule has 2 aliphatic rings. The van der Waals surface area contributed by atoms with Crippen LogP contribution in [-0.4, -0.2) is 31.6 Å². The molecule has 0 saturated heterocycles. The van der Waals surface area contributed by atoms with Crippen LogP contribution >= 0.6 is 0 Å². The zero-order valence-corrected chi connectivity index (χ0v) is 27.9. The summed E-state index contributed by atoms with van der Waals surface area (Å²) in [6, 6.07) is 45.3. The van der Waals surface area contributed by atoms with E-state index >= 15 is 0 Å². The quantitative estimate of drug-likeness (QED) is 0.178. The van der Waals surface area contributed by atoms with Gasteiger partial charge in [-0.2, -0.15) is 10.5 Å².